The van der Waals surface area contributed by atoms with Crippen LogP contribution in [0.15, 0.2) is 18.2 Å². The van der Waals surface area contributed by atoms with Gasteiger partial charge in [0.15, 0.2) is 0 Å². The highest BCUT2D eigenvalue weighted by Gasteiger charge is 2.22. The first-order valence-corrected chi connectivity index (χ1v) is 6.93. The Labute approximate surface area is 113 Å². The maximum atomic E-state index is 12.0. The van der Waals surface area contributed by atoms with Gasteiger partial charge in [-0.2, -0.15) is 0 Å². The Morgan fingerprint density at radius 3 is 2.94 bits per heavy atom. The molecule has 2 nitrogen and oxygen atoms in total. The average molecular weight is 267 g/mol. The summed E-state index contributed by atoms with van der Waals surface area (Å²) in [4.78, 5) is 12.0. The Morgan fingerprint density at radius 2 is 2.17 bits per heavy atom. The normalized spacial score (nSPS) is 20.6. The standard InChI is InChI=1S/C15H19ClO2/c1-18-15-8-7-13(16)10-12(15)9-11-5-3-2-4-6-14(11)17/h7-8,10-11H,2-6,9H2,1H3. The zero-order valence-electron chi connectivity index (χ0n) is 10.7. The van der Waals surface area contributed by atoms with Gasteiger partial charge in [-0.1, -0.05) is 24.4 Å². The van der Waals surface area contributed by atoms with E-state index >= 15 is 0 Å². The van der Waals surface area contributed by atoms with Crippen molar-refractivity contribution in [3.05, 3.63) is 28.8 Å². The van der Waals surface area contributed by atoms with Gasteiger partial charge in [0.1, 0.15) is 11.5 Å². The van der Waals surface area contributed by atoms with Gasteiger partial charge in [0.25, 0.3) is 0 Å². The molecule has 1 fully saturated rings. The van der Waals surface area contributed by atoms with Crippen LogP contribution < -0.4 is 4.74 Å². The van der Waals surface area contributed by atoms with Crippen LogP contribution in [0.5, 0.6) is 5.75 Å². The van der Waals surface area contributed by atoms with Gasteiger partial charge in [-0.3, -0.25) is 4.79 Å². The zero-order valence-corrected chi connectivity index (χ0v) is 11.5. The molecular weight excluding hydrogens is 248 g/mol. The van der Waals surface area contributed by atoms with Crippen LogP contribution in [0.2, 0.25) is 5.02 Å². The van der Waals surface area contributed by atoms with E-state index in [4.69, 9.17) is 16.3 Å². The molecule has 1 saturated carbocycles. The second-order valence-electron chi connectivity index (χ2n) is 4.92. The Hall–Kier alpha value is -1.02. The highest BCUT2D eigenvalue weighted by Crippen LogP contribution is 2.29. The number of Topliss-reactive ketones (excluding diaryl/α,β-unsaturated/α-hetero) is 1. The highest BCUT2D eigenvalue weighted by molar-refractivity contribution is 6.30. The van der Waals surface area contributed by atoms with Crippen LogP contribution in [0, 0.1) is 5.92 Å². The summed E-state index contributed by atoms with van der Waals surface area (Å²) >= 11 is 6.02. The number of ether oxygens (including phenoxy) is 1. The average Bonchev–Trinajstić information content (AvgIpc) is 2.55. The molecule has 18 heavy (non-hydrogen) atoms. The SMILES string of the molecule is COc1ccc(Cl)cc1CC1CCCCCC1=O. The molecule has 0 radical (unpaired) electrons. The van der Waals surface area contributed by atoms with Crippen molar-refractivity contribution in [1.29, 1.82) is 0 Å². The summed E-state index contributed by atoms with van der Waals surface area (Å²) in [6.07, 6.45) is 5.85. The van der Waals surface area contributed by atoms with Gasteiger partial charge in [0.05, 0.1) is 7.11 Å². The van der Waals surface area contributed by atoms with Crippen LogP contribution in [0.25, 0.3) is 0 Å². The number of ketones is 1. The van der Waals surface area contributed by atoms with Gasteiger partial charge in [-0.25, -0.2) is 0 Å². The summed E-state index contributed by atoms with van der Waals surface area (Å²) in [6, 6.07) is 5.61. The van der Waals surface area contributed by atoms with Crippen molar-refractivity contribution in [3.8, 4) is 5.75 Å². The molecule has 0 amide bonds. The van der Waals surface area contributed by atoms with Crippen molar-refractivity contribution in [3.63, 3.8) is 0 Å². The van der Waals surface area contributed by atoms with Crippen LogP contribution >= 0.6 is 11.6 Å². The molecule has 0 heterocycles. The van der Waals surface area contributed by atoms with E-state index in [1.165, 1.54) is 6.42 Å². The lowest BCUT2D eigenvalue weighted by molar-refractivity contribution is -0.122. The number of hydrogen-bond acceptors (Lipinski definition) is 2. The molecule has 1 unspecified atom stereocenters. The van der Waals surface area contributed by atoms with Crippen molar-refractivity contribution < 1.29 is 9.53 Å². The van der Waals surface area contributed by atoms with Gasteiger partial charge in [0.2, 0.25) is 0 Å². The van der Waals surface area contributed by atoms with Crippen molar-refractivity contribution in [2.24, 2.45) is 5.92 Å². The summed E-state index contributed by atoms with van der Waals surface area (Å²) in [5.41, 5.74) is 1.05. The number of hydrogen-bond donors (Lipinski definition) is 0. The lowest BCUT2D eigenvalue weighted by atomic mass is 9.91. The van der Waals surface area contributed by atoms with E-state index in [1.807, 2.05) is 18.2 Å². The number of benzene rings is 1. The molecule has 0 spiro atoms. The first-order valence-electron chi connectivity index (χ1n) is 6.56. The molecule has 0 N–H and O–H groups in total. The minimum atomic E-state index is 0.139. The second-order valence-corrected chi connectivity index (χ2v) is 5.36. The third-order valence-electron chi connectivity index (χ3n) is 3.64. The summed E-state index contributed by atoms with van der Waals surface area (Å²) in [5.74, 6) is 1.37. The lowest BCUT2D eigenvalue weighted by Crippen LogP contribution is -2.15. The van der Waals surface area contributed by atoms with E-state index in [0.29, 0.717) is 10.8 Å². The largest absolute Gasteiger partial charge is 0.496 e. The fourth-order valence-electron chi connectivity index (χ4n) is 2.62. The smallest absolute Gasteiger partial charge is 0.136 e. The maximum Gasteiger partial charge on any atom is 0.136 e. The molecular formula is C15H19ClO2. The third kappa shape index (κ3) is 3.26. The number of carbonyl (C=O) groups is 1. The molecule has 0 aliphatic heterocycles. The predicted octanol–water partition coefficient (Wildman–Crippen LogP) is 4.04. The van der Waals surface area contributed by atoms with Crippen LogP contribution in [-0.4, -0.2) is 12.9 Å². The first kappa shape index (κ1) is 13.4. The number of halogens is 1. The van der Waals surface area contributed by atoms with Gasteiger partial charge in [-0.05, 0) is 43.0 Å². The zero-order chi connectivity index (χ0) is 13.0. The predicted molar refractivity (Wildman–Crippen MR) is 73.3 cm³/mol. The van der Waals surface area contributed by atoms with E-state index in [9.17, 15) is 4.79 Å². The summed E-state index contributed by atoms with van der Waals surface area (Å²) in [5, 5.41) is 0.701. The lowest BCUT2D eigenvalue weighted by Gasteiger charge is -2.15. The van der Waals surface area contributed by atoms with Gasteiger partial charge >= 0.3 is 0 Å². The fourth-order valence-corrected chi connectivity index (χ4v) is 2.81. The molecule has 0 aromatic heterocycles. The molecule has 2 rings (SSSR count). The Kier molecular flexibility index (Phi) is 4.65. The topological polar surface area (TPSA) is 26.3 Å². The molecule has 1 aromatic carbocycles. The maximum absolute atomic E-state index is 12.0. The minimum Gasteiger partial charge on any atom is -0.496 e. The Bertz CT molecular complexity index is 429. The number of carbonyl (C=O) groups excluding carboxylic acids is 1. The van der Waals surface area contributed by atoms with Crippen LogP contribution in [-0.2, 0) is 11.2 Å². The van der Waals surface area contributed by atoms with Gasteiger partial charge < -0.3 is 4.74 Å². The van der Waals surface area contributed by atoms with Crippen LogP contribution in [0.1, 0.15) is 37.7 Å². The van der Waals surface area contributed by atoms with E-state index in [-0.39, 0.29) is 5.92 Å². The third-order valence-corrected chi connectivity index (χ3v) is 3.87. The van der Waals surface area contributed by atoms with Crippen LogP contribution in [0.3, 0.4) is 0 Å². The quantitative estimate of drug-likeness (QED) is 0.772. The summed E-state index contributed by atoms with van der Waals surface area (Å²) < 4.78 is 5.34. The monoisotopic (exact) mass is 266 g/mol. The highest BCUT2D eigenvalue weighted by atomic mass is 35.5. The van der Waals surface area contributed by atoms with Crippen molar-refractivity contribution >= 4 is 17.4 Å². The summed E-state index contributed by atoms with van der Waals surface area (Å²) in [6.45, 7) is 0. The number of methoxy groups -OCH3 is 1. The Balaban J connectivity index is 2.16. The molecule has 1 atom stereocenters. The number of rotatable bonds is 3. The molecule has 0 bridgehead atoms. The summed E-state index contributed by atoms with van der Waals surface area (Å²) in [7, 11) is 1.65. The van der Waals surface area contributed by atoms with Crippen molar-refractivity contribution in [2.45, 2.75) is 38.5 Å². The Morgan fingerprint density at radius 1 is 1.33 bits per heavy atom. The molecule has 1 aromatic rings. The van der Waals surface area contributed by atoms with Gasteiger partial charge in [0, 0.05) is 17.4 Å². The molecule has 3 heteroatoms. The van der Waals surface area contributed by atoms with Gasteiger partial charge in [-0.15, -0.1) is 0 Å². The molecule has 0 saturated heterocycles. The van der Waals surface area contributed by atoms with Crippen molar-refractivity contribution in [2.75, 3.05) is 7.11 Å². The van der Waals surface area contributed by atoms with E-state index in [0.717, 1.165) is 43.4 Å². The minimum absolute atomic E-state index is 0.139. The molecule has 1 aliphatic rings. The van der Waals surface area contributed by atoms with Crippen LogP contribution in [0.4, 0.5) is 0 Å². The molecule has 98 valence electrons. The van der Waals surface area contributed by atoms with E-state index in [1.54, 1.807) is 7.11 Å². The van der Waals surface area contributed by atoms with Crippen molar-refractivity contribution in [1.82, 2.24) is 0 Å². The molecule has 1 aliphatic carbocycles. The fraction of sp³-hybridized carbons (Fsp3) is 0.533. The van der Waals surface area contributed by atoms with E-state index < -0.39 is 0 Å². The first-order chi connectivity index (χ1) is 8.70. The second kappa shape index (κ2) is 6.24. The van der Waals surface area contributed by atoms with E-state index in [2.05, 4.69) is 0 Å².